The molecule has 2 heterocycles. The van der Waals surface area contributed by atoms with Crippen LogP contribution >= 0.6 is 0 Å². The van der Waals surface area contributed by atoms with Crippen LogP contribution in [-0.2, 0) is 6.54 Å². The van der Waals surface area contributed by atoms with Crippen LogP contribution in [0.3, 0.4) is 0 Å². The first-order chi connectivity index (χ1) is 9.49. The second-order valence-electron chi connectivity index (χ2n) is 5.93. The fourth-order valence-electron chi connectivity index (χ4n) is 2.45. The molecule has 0 aliphatic heterocycles. The molecule has 2 rings (SSSR count). The maximum absolute atomic E-state index is 9.36. The van der Waals surface area contributed by atoms with Gasteiger partial charge in [-0.2, -0.15) is 0 Å². The summed E-state index contributed by atoms with van der Waals surface area (Å²) in [7, 11) is 1.98. The molecule has 0 aliphatic carbocycles. The number of pyridine rings is 1. The second kappa shape index (κ2) is 5.91. The molecule has 0 amide bonds. The number of aryl methyl sites for hydroxylation is 1. The van der Waals surface area contributed by atoms with Gasteiger partial charge in [-0.25, -0.2) is 4.98 Å². The molecule has 0 atom stereocenters. The van der Waals surface area contributed by atoms with Gasteiger partial charge in [0.15, 0.2) is 0 Å². The number of imidazole rings is 1. The van der Waals surface area contributed by atoms with E-state index in [1.165, 1.54) is 0 Å². The van der Waals surface area contributed by atoms with E-state index < -0.39 is 5.41 Å². The molecule has 0 fully saturated rings. The van der Waals surface area contributed by atoms with Crippen LogP contribution < -0.4 is 0 Å². The van der Waals surface area contributed by atoms with Crippen LogP contribution in [0.4, 0.5) is 0 Å². The maximum atomic E-state index is 9.36. The molecule has 2 N–H and O–H groups in total. The summed E-state index contributed by atoms with van der Waals surface area (Å²) in [4.78, 5) is 6.54. The number of hydrogen-bond acceptors (Lipinski definition) is 4. The topological polar surface area (TPSA) is 61.0 Å². The predicted molar refractivity (Wildman–Crippen MR) is 78.5 cm³/mol. The predicted octanol–water partition coefficient (Wildman–Crippen LogP) is 1.07. The molecule has 0 saturated carbocycles. The van der Waals surface area contributed by atoms with Crippen molar-refractivity contribution in [3.8, 4) is 0 Å². The lowest BCUT2D eigenvalue weighted by Gasteiger charge is -2.30. The minimum atomic E-state index is -0.481. The maximum Gasteiger partial charge on any atom is 0.139 e. The summed E-state index contributed by atoms with van der Waals surface area (Å²) in [5.74, 6) is 0. The lowest BCUT2D eigenvalue weighted by atomic mass is 9.92. The van der Waals surface area contributed by atoms with Crippen molar-refractivity contribution in [3.63, 3.8) is 0 Å². The number of rotatable bonds is 6. The van der Waals surface area contributed by atoms with E-state index >= 15 is 0 Å². The molecule has 20 heavy (non-hydrogen) atoms. The van der Waals surface area contributed by atoms with Crippen molar-refractivity contribution in [1.82, 2.24) is 14.3 Å². The highest BCUT2D eigenvalue weighted by Gasteiger charge is 2.24. The van der Waals surface area contributed by atoms with E-state index in [2.05, 4.69) is 14.3 Å². The Labute approximate surface area is 119 Å². The third kappa shape index (κ3) is 3.00. The van der Waals surface area contributed by atoms with Gasteiger partial charge in [0, 0.05) is 24.7 Å². The Hall–Kier alpha value is -1.43. The van der Waals surface area contributed by atoms with E-state index in [0.29, 0.717) is 6.54 Å². The SMILES string of the molecule is Cc1cccn2c(CN(C)CC(C)(CO)CO)cnc12. The van der Waals surface area contributed by atoms with Crippen LogP contribution in [0.1, 0.15) is 18.2 Å². The van der Waals surface area contributed by atoms with Gasteiger partial charge in [-0.05, 0) is 25.6 Å². The van der Waals surface area contributed by atoms with Gasteiger partial charge in [0.05, 0.1) is 25.1 Å². The Morgan fingerprint density at radius 2 is 2.05 bits per heavy atom. The van der Waals surface area contributed by atoms with Crippen LogP contribution in [0.2, 0.25) is 0 Å². The van der Waals surface area contributed by atoms with Gasteiger partial charge in [0.2, 0.25) is 0 Å². The summed E-state index contributed by atoms with van der Waals surface area (Å²) in [6.45, 7) is 5.21. The first-order valence-corrected chi connectivity index (χ1v) is 6.81. The Bertz CT molecular complexity index is 576. The highest BCUT2D eigenvalue weighted by molar-refractivity contribution is 5.48. The van der Waals surface area contributed by atoms with E-state index in [-0.39, 0.29) is 13.2 Å². The smallest absolute Gasteiger partial charge is 0.139 e. The molecule has 0 aromatic carbocycles. The third-order valence-electron chi connectivity index (χ3n) is 3.65. The molecule has 2 aromatic heterocycles. The molecule has 5 heteroatoms. The van der Waals surface area contributed by atoms with Crippen molar-refractivity contribution >= 4 is 5.65 Å². The van der Waals surface area contributed by atoms with E-state index in [4.69, 9.17) is 0 Å². The van der Waals surface area contributed by atoms with Gasteiger partial charge >= 0.3 is 0 Å². The fraction of sp³-hybridized carbons (Fsp3) is 0.533. The molecule has 110 valence electrons. The van der Waals surface area contributed by atoms with Crippen LogP contribution in [0.15, 0.2) is 24.5 Å². The standard InChI is InChI=1S/C15H23N3O2/c1-12-5-4-6-18-13(7-16-14(12)18)8-17(3)9-15(2,10-19)11-20/h4-7,19-20H,8-11H2,1-3H3. The molecule has 2 aromatic rings. The number of fused-ring (bicyclic) bond motifs is 1. The van der Waals surface area contributed by atoms with Crippen LogP contribution in [0.5, 0.6) is 0 Å². The number of nitrogens with zero attached hydrogens (tertiary/aromatic N) is 3. The molecule has 0 spiro atoms. The highest BCUT2D eigenvalue weighted by atomic mass is 16.3. The summed E-state index contributed by atoms with van der Waals surface area (Å²) in [5.41, 5.74) is 2.75. The van der Waals surface area contributed by atoms with E-state index in [1.54, 1.807) is 0 Å². The number of aromatic nitrogens is 2. The van der Waals surface area contributed by atoms with Gasteiger partial charge in [-0.15, -0.1) is 0 Å². The number of aliphatic hydroxyl groups excluding tert-OH is 2. The molecule has 5 nitrogen and oxygen atoms in total. The van der Waals surface area contributed by atoms with Gasteiger partial charge < -0.3 is 14.6 Å². The first kappa shape index (κ1) is 15.0. The Kier molecular flexibility index (Phi) is 4.42. The van der Waals surface area contributed by atoms with Gasteiger partial charge in [0.1, 0.15) is 5.65 Å². The van der Waals surface area contributed by atoms with Gasteiger partial charge in [-0.1, -0.05) is 13.0 Å². The van der Waals surface area contributed by atoms with Crippen LogP contribution in [0.25, 0.3) is 5.65 Å². The number of aliphatic hydroxyl groups is 2. The van der Waals surface area contributed by atoms with Crippen molar-refractivity contribution in [2.24, 2.45) is 5.41 Å². The lowest BCUT2D eigenvalue weighted by Crippen LogP contribution is -2.38. The monoisotopic (exact) mass is 277 g/mol. The Morgan fingerprint density at radius 3 is 2.70 bits per heavy atom. The lowest BCUT2D eigenvalue weighted by molar-refractivity contribution is 0.0398. The highest BCUT2D eigenvalue weighted by Crippen LogP contribution is 2.18. The molecule has 0 radical (unpaired) electrons. The van der Waals surface area contributed by atoms with E-state index in [9.17, 15) is 10.2 Å². The largest absolute Gasteiger partial charge is 0.396 e. The molecule has 0 aliphatic rings. The van der Waals surface area contributed by atoms with Crippen molar-refractivity contribution in [3.05, 3.63) is 35.8 Å². The molecule has 0 bridgehead atoms. The summed E-state index contributed by atoms with van der Waals surface area (Å²) in [6.07, 6.45) is 3.89. The van der Waals surface area contributed by atoms with Crippen molar-refractivity contribution in [2.75, 3.05) is 26.8 Å². The molecule has 0 unspecified atom stereocenters. The van der Waals surface area contributed by atoms with Crippen molar-refractivity contribution < 1.29 is 10.2 Å². The summed E-state index contributed by atoms with van der Waals surface area (Å²) in [5, 5.41) is 18.7. The quantitative estimate of drug-likeness (QED) is 0.829. The zero-order chi connectivity index (χ0) is 14.8. The van der Waals surface area contributed by atoms with Gasteiger partial charge in [-0.3, -0.25) is 4.90 Å². The summed E-state index contributed by atoms with van der Waals surface area (Å²) >= 11 is 0. The third-order valence-corrected chi connectivity index (χ3v) is 3.65. The minimum Gasteiger partial charge on any atom is -0.396 e. The van der Waals surface area contributed by atoms with Crippen LogP contribution in [-0.4, -0.2) is 51.3 Å². The van der Waals surface area contributed by atoms with Crippen LogP contribution in [0, 0.1) is 12.3 Å². The van der Waals surface area contributed by atoms with Crippen molar-refractivity contribution in [2.45, 2.75) is 20.4 Å². The Balaban J connectivity index is 2.14. The molecular formula is C15H23N3O2. The van der Waals surface area contributed by atoms with E-state index in [0.717, 1.165) is 23.4 Å². The summed E-state index contributed by atoms with van der Waals surface area (Å²) in [6, 6.07) is 4.06. The summed E-state index contributed by atoms with van der Waals surface area (Å²) < 4.78 is 2.08. The zero-order valence-electron chi connectivity index (χ0n) is 12.4. The molecule has 0 saturated heterocycles. The first-order valence-electron chi connectivity index (χ1n) is 6.81. The minimum absolute atomic E-state index is 0.0277. The average molecular weight is 277 g/mol. The zero-order valence-corrected chi connectivity index (χ0v) is 12.4. The van der Waals surface area contributed by atoms with Gasteiger partial charge in [0.25, 0.3) is 0 Å². The average Bonchev–Trinajstić information content (AvgIpc) is 2.83. The molecular weight excluding hydrogens is 254 g/mol. The normalized spacial score (nSPS) is 12.5. The van der Waals surface area contributed by atoms with Crippen molar-refractivity contribution in [1.29, 1.82) is 0 Å². The number of hydrogen-bond donors (Lipinski definition) is 2. The fourth-order valence-corrected chi connectivity index (χ4v) is 2.45. The Morgan fingerprint density at radius 1 is 1.35 bits per heavy atom. The second-order valence-corrected chi connectivity index (χ2v) is 5.93. The van der Waals surface area contributed by atoms with E-state index in [1.807, 2.05) is 45.4 Å².